The topological polar surface area (TPSA) is 60.9 Å². The summed E-state index contributed by atoms with van der Waals surface area (Å²) in [6.45, 7) is 0. The highest BCUT2D eigenvalue weighted by Crippen LogP contribution is 2.22. The van der Waals surface area contributed by atoms with Crippen molar-refractivity contribution in [1.29, 1.82) is 0 Å². The van der Waals surface area contributed by atoms with E-state index >= 15 is 0 Å². The zero-order valence-electron chi connectivity index (χ0n) is 11.3. The maximum absolute atomic E-state index is 13.6. The number of hydrogen-bond donors (Lipinski definition) is 1. The van der Waals surface area contributed by atoms with E-state index in [0.29, 0.717) is 16.6 Å². The molecule has 1 amide bonds. The zero-order valence-corrected chi connectivity index (χ0v) is 11.3. The molecule has 1 aromatic heterocycles. The Labute approximate surface area is 124 Å². The molecule has 22 heavy (non-hydrogen) atoms. The molecule has 0 saturated carbocycles. The molecular weight excluding hydrogens is 288 g/mol. The van der Waals surface area contributed by atoms with Crippen LogP contribution in [0.5, 0.6) is 0 Å². The number of hydrogen-bond acceptors (Lipinski definition) is 2. The Hall–Kier alpha value is -3.02. The summed E-state index contributed by atoms with van der Waals surface area (Å²) in [5.41, 5.74) is 6.28. The van der Waals surface area contributed by atoms with Gasteiger partial charge in [-0.2, -0.15) is 9.78 Å². The number of benzene rings is 2. The molecule has 4 nitrogen and oxygen atoms in total. The molecule has 110 valence electrons. The summed E-state index contributed by atoms with van der Waals surface area (Å²) < 4.78 is 27.8. The first kappa shape index (κ1) is 13.9. The smallest absolute Gasteiger partial charge is 0.340 e. The van der Waals surface area contributed by atoms with Gasteiger partial charge in [0.05, 0.1) is 11.2 Å². The van der Waals surface area contributed by atoms with E-state index in [-0.39, 0.29) is 11.3 Å². The second kappa shape index (κ2) is 5.40. The highest BCUT2D eigenvalue weighted by Gasteiger charge is 2.12. The molecule has 2 N–H and O–H groups in total. The van der Waals surface area contributed by atoms with Crippen molar-refractivity contribution in [3.8, 4) is 0 Å². The van der Waals surface area contributed by atoms with E-state index in [9.17, 15) is 13.6 Å². The molecular formula is C16H11F2N3O. The summed E-state index contributed by atoms with van der Waals surface area (Å²) in [5.74, 6) is -0.872. The number of carbonyl (C=O) groups excluding carboxylic acids is 1. The Bertz CT molecular complexity index is 900. The van der Waals surface area contributed by atoms with Crippen molar-refractivity contribution >= 4 is 29.1 Å². The quantitative estimate of drug-likeness (QED) is 0.788. The largest absolute Gasteiger partial charge is 0.350 e. The number of aromatic nitrogens is 2. The van der Waals surface area contributed by atoms with Crippen LogP contribution in [0.25, 0.3) is 23.1 Å². The highest BCUT2D eigenvalue weighted by atomic mass is 19.1. The van der Waals surface area contributed by atoms with Crippen LogP contribution in [0, 0.1) is 11.6 Å². The molecule has 0 saturated heterocycles. The van der Waals surface area contributed by atoms with Gasteiger partial charge in [-0.05, 0) is 30.4 Å². The van der Waals surface area contributed by atoms with Gasteiger partial charge in [0, 0.05) is 17.0 Å². The van der Waals surface area contributed by atoms with E-state index in [4.69, 9.17) is 5.73 Å². The van der Waals surface area contributed by atoms with E-state index in [1.54, 1.807) is 24.3 Å². The Morgan fingerprint density at radius 3 is 2.64 bits per heavy atom. The Balaban J connectivity index is 2.12. The maximum atomic E-state index is 13.6. The Morgan fingerprint density at radius 2 is 1.91 bits per heavy atom. The average molecular weight is 299 g/mol. The molecule has 0 aliphatic heterocycles. The van der Waals surface area contributed by atoms with Crippen LogP contribution >= 0.6 is 0 Å². The van der Waals surface area contributed by atoms with Crippen LogP contribution < -0.4 is 5.73 Å². The van der Waals surface area contributed by atoms with Crippen LogP contribution in [0.1, 0.15) is 11.3 Å². The molecule has 0 bridgehead atoms. The van der Waals surface area contributed by atoms with Gasteiger partial charge in [-0.3, -0.25) is 0 Å². The molecule has 0 atom stereocenters. The van der Waals surface area contributed by atoms with Crippen molar-refractivity contribution < 1.29 is 13.6 Å². The lowest BCUT2D eigenvalue weighted by Crippen LogP contribution is -2.20. The van der Waals surface area contributed by atoms with Crippen LogP contribution in [0.4, 0.5) is 13.6 Å². The lowest BCUT2D eigenvalue weighted by molar-refractivity contribution is 0.248. The standard InChI is InChI=1S/C16H11F2N3O/c17-11-6-7-12-14(20-21(16(19)22)15(12)9-11)8-5-10-3-1-2-4-13(10)18/h1-9H,(H2,19,22). The molecule has 0 aliphatic carbocycles. The zero-order chi connectivity index (χ0) is 15.7. The molecule has 3 rings (SSSR count). The van der Waals surface area contributed by atoms with Gasteiger partial charge in [0.15, 0.2) is 0 Å². The normalized spacial score (nSPS) is 11.4. The number of nitrogens with zero attached hydrogens (tertiary/aromatic N) is 2. The molecule has 3 aromatic rings. The van der Waals surface area contributed by atoms with Crippen molar-refractivity contribution in [3.05, 3.63) is 65.4 Å². The fourth-order valence-electron chi connectivity index (χ4n) is 2.18. The molecule has 0 radical (unpaired) electrons. The van der Waals surface area contributed by atoms with E-state index in [0.717, 1.165) is 4.68 Å². The molecule has 0 fully saturated rings. The molecule has 0 unspecified atom stereocenters. The molecule has 0 aliphatic rings. The van der Waals surface area contributed by atoms with Gasteiger partial charge in [-0.1, -0.05) is 18.2 Å². The van der Waals surface area contributed by atoms with E-state index in [2.05, 4.69) is 5.10 Å². The van der Waals surface area contributed by atoms with Crippen LogP contribution in [-0.4, -0.2) is 15.8 Å². The summed E-state index contributed by atoms with van der Waals surface area (Å²) >= 11 is 0. The third-order valence-electron chi connectivity index (χ3n) is 3.21. The second-order valence-corrected chi connectivity index (χ2v) is 4.65. The van der Waals surface area contributed by atoms with Gasteiger partial charge < -0.3 is 5.73 Å². The predicted molar refractivity (Wildman–Crippen MR) is 80.0 cm³/mol. The first-order valence-electron chi connectivity index (χ1n) is 6.47. The van der Waals surface area contributed by atoms with Gasteiger partial charge in [-0.25, -0.2) is 13.6 Å². The lowest BCUT2D eigenvalue weighted by Gasteiger charge is -1.95. The number of primary amides is 1. The first-order chi connectivity index (χ1) is 10.6. The SMILES string of the molecule is NC(=O)n1nc(C=Cc2ccccc2F)c2ccc(F)cc21. The monoisotopic (exact) mass is 299 g/mol. The summed E-state index contributed by atoms with van der Waals surface area (Å²) in [5, 5.41) is 4.59. The summed E-state index contributed by atoms with van der Waals surface area (Å²) in [6, 6.07) is 9.36. The predicted octanol–water partition coefficient (Wildman–Crippen LogP) is 3.41. The van der Waals surface area contributed by atoms with E-state index < -0.39 is 11.8 Å². The summed E-state index contributed by atoms with van der Waals surface area (Å²) in [7, 11) is 0. The second-order valence-electron chi connectivity index (χ2n) is 4.65. The van der Waals surface area contributed by atoms with Crippen molar-refractivity contribution in [3.63, 3.8) is 0 Å². The Morgan fingerprint density at radius 1 is 1.14 bits per heavy atom. The Kier molecular flexibility index (Phi) is 3.42. The number of nitrogens with two attached hydrogens (primary N) is 1. The van der Waals surface area contributed by atoms with E-state index in [1.165, 1.54) is 30.3 Å². The van der Waals surface area contributed by atoms with Gasteiger partial charge in [0.25, 0.3) is 0 Å². The first-order valence-corrected chi connectivity index (χ1v) is 6.47. The van der Waals surface area contributed by atoms with Crippen LogP contribution in [-0.2, 0) is 0 Å². The van der Waals surface area contributed by atoms with Crippen LogP contribution in [0.3, 0.4) is 0 Å². The van der Waals surface area contributed by atoms with Gasteiger partial charge >= 0.3 is 6.03 Å². The molecule has 0 spiro atoms. The van der Waals surface area contributed by atoms with Crippen LogP contribution in [0.15, 0.2) is 42.5 Å². The van der Waals surface area contributed by atoms with Crippen molar-refractivity contribution in [2.24, 2.45) is 5.73 Å². The summed E-state index contributed by atoms with van der Waals surface area (Å²) in [6.07, 6.45) is 3.09. The fraction of sp³-hybridized carbons (Fsp3) is 0. The van der Waals surface area contributed by atoms with E-state index in [1.807, 2.05) is 0 Å². The number of halogens is 2. The van der Waals surface area contributed by atoms with Crippen molar-refractivity contribution in [2.75, 3.05) is 0 Å². The van der Waals surface area contributed by atoms with Gasteiger partial charge in [0.2, 0.25) is 0 Å². The van der Waals surface area contributed by atoms with Crippen molar-refractivity contribution in [2.45, 2.75) is 0 Å². The number of carbonyl (C=O) groups is 1. The van der Waals surface area contributed by atoms with Gasteiger partial charge in [-0.15, -0.1) is 0 Å². The lowest BCUT2D eigenvalue weighted by atomic mass is 10.1. The summed E-state index contributed by atoms with van der Waals surface area (Å²) in [4.78, 5) is 11.4. The van der Waals surface area contributed by atoms with Gasteiger partial charge in [0.1, 0.15) is 11.6 Å². The number of fused-ring (bicyclic) bond motifs is 1. The molecule has 2 aromatic carbocycles. The third-order valence-corrected chi connectivity index (χ3v) is 3.21. The third kappa shape index (κ3) is 2.46. The van der Waals surface area contributed by atoms with Crippen molar-refractivity contribution in [1.82, 2.24) is 9.78 Å². The minimum absolute atomic E-state index is 0.265. The fourth-order valence-corrected chi connectivity index (χ4v) is 2.18. The van der Waals surface area contributed by atoms with Crippen LogP contribution in [0.2, 0.25) is 0 Å². The highest BCUT2D eigenvalue weighted by molar-refractivity contribution is 5.95. The maximum Gasteiger partial charge on any atom is 0.340 e. The minimum Gasteiger partial charge on any atom is -0.350 e. The minimum atomic E-state index is -0.818. The molecule has 1 heterocycles. The average Bonchev–Trinajstić information content (AvgIpc) is 2.84. The molecule has 6 heteroatoms. The number of rotatable bonds is 2. The number of amides is 1.